The van der Waals surface area contributed by atoms with E-state index in [2.05, 4.69) is 39.0 Å². The van der Waals surface area contributed by atoms with Gasteiger partial charge in [-0.3, -0.25) is 9.98 Å². The highest BCUT2D eigenvalue weighted by Gasteiger charge is 2.35. The lowest BCUT2D eigenvalue weighted by molar-refractivity contribution is 0.588. The van der Waals surface area contributed by atoms with Crippen LogP contribution in [0.1, 0.15) is 32.8 Å². The highest BCUT2D eigenvalue weighted by molar-refractivity contribution is 6.00. The van der Waals surface area contributed by atoms with Crippen molar-refractivity contribution in [2.75, 3.05) is 36.8 Å². The largest absolute Gasteiger partial charge is 0.368 e. The molecular formula is C25H28FN7. The Kier molecular flexibility index (Phi) is 5.32. The molecule has 7 nitrogen and oxygen atoms in total. The minimum absolute atomic E-state index is 0.0144. The van der Waals surface area contributed by atoms with E-state index in [9.17, 15) is 0 Å². The first-order valence-electron chi connectivity index (χ1n) is 11.4. The predicted molar refractivity (Wildman–Crippen MR) is 131 cm³/mol. The van der Waals surface area contributed by atoms with Gasteiger partial charge in [-0.25, -0.2) is 14.4 Å². The van der Waals surface area contributed by atoms with Crippen molar-refractivity contribution in [1.82, 2.24) is 20.3 Å². The van der Waals surface area contributed by atoms with Crippen molar-refractivity contribution in [2.24, 2.45) is 4.99 Å². The molecule has 2 aliphatic heterocycles. The Hall–Kier alpha value is -3.39. The van der Waals surface area contributed by atoms with Gasteiger partial charge in [-0.15, -0.1) is 0 Å². The van der Waals surface area contributed by atoms with Gasteiger partial charge in [0.2, 0.25) is 5.95 Å². The number of aromatic nitrogens is 3. The summed E-state index contributed by atoms with van der Waals surface area (Å²) >= 11 is 0. The lowest BCUT2D eigenvalue weighted by Crippen LogP contribution is -2.43. The van der Waals surface area contributed by atoms with Gasteiger partial charge >= 0.3 is 0 Å². The Morgan fingerprint density at radius 3 is 2.58 bits per heavy atom. The number of piperazine rings is 1. The van der Waals surface area contributed by atoms with Crippen molar-refractivity contribution in [3.05, 3.63) is 47.9 Å². The summed E-state index contributed by atoms with van der Waals surface area (Å²) in [5.74, 6) is -0.513. The maximum Gasteiger partial charge on any atom is 0.221 e. The van der Waals surface area contributed by atoms with E-state index < -0.39 is 5.82 Å². The molecule has 0 bridgehead atoms. The summed E-state index contributed by atoms with van der Waals surface area (Å²) in [5, 5.41) is 3.33. The molecule has 1 unspecified atom stereocenters. The molecule has 33 heavy (non-hydrogen) atoms. The number of nitrogens with one attached hydrogen (secondary N) is 1. The first-order valence-corrected chi connectivity index (χ1v) is 11.4. The summed E-state index contributed by atoms with van der Waals surface area (Å²) in [7, 11) is 0. The van der Waals surface area contributed by atoms with Gasteiger partial charge in [-0.1, -0.05) is 19.9 Å². The number of nitrogens with zero attached hydrogens (tertiary/aromatic N) is 5. The van der Waals surface area contributed by atoms with E-state index in [0.717, 1.165) is 55.2 Å². The molecule has 170 valence electrons. The molecule has 1 saturated heterocycles. The molecule has 3 N–H and O–H groups in total. The molecule has 0 amide bonds. The van der Waals surface area contributed by atoms with Gasteiger partial charge in [-0.2, -0.15) is 0 Å². The maximum atomic E-state index is 15.7. The highest BCUT2D eigenvalue weighted by Crippen LogP contribution is 2.44. The molecule has 4 heterocycles. The first-order chi connectivity index (χ1) is 15.9. The van der Waals surface area contributed by atoms with Crippen LogP contribution >= 0.6 is 0 Å². The number of nitrogens with two attached hydrogens (primary N) is 1. The van der Waals surface area contributed by atoms with Gasteiger partial charge in [0.25, 0.3) is 0 Å². The minimum Gasteiger partial charge on any atom is -0.368 e. The Morgan fingerprint density at radius 1 is 1.12 bits per heavy atom. The van der Waals surface area contributed by atoms with Crippen LogP contribution in [0.2, 0.25) is 0 Å². The van der Waals surface area contributed by atoms with Crippen LogP contribution in [-0.2, 0) is 5.41 Å². The van der Waals surface area contributed by atoms with E-state index in [4.69, 9.17) is 10.7 Å². The van der Waals surface area contributed by atoms with Crippen molar-refractivity contribution in [1.29, 1.82) is 0 Å². The number of anilines is 2. The number of nitrogen functional groups attached to an aromatic ring is 1. The summed E-state index contributed by atoms with van der Waals surface area (Å²) in [4.78, 5) is 19.9. The standard InChI is InChI=1S/C25H28FN7/c1-4-25(3)15(2)30-19-7-5-16(13-18(19)25)22-21(26)23(32-24(27)31-22)20-8-6-17(14-29-20)33-11-9-28-10-12-33/h5-8,13-14,28H,4,9-12H2,1-3H3,(H2,27,31,32). The predicted octanol–water partition coefficient (Wildman–Crippen LogP) is 4.11. The maximum absolute atomic E-state index is 15.7. The fourth-order valence-electron chi connectivity index (χ4n) is 4.63. The van der Waals surface area contributed by atoms with Crippen LogP contribution in [0.4, 0.5) is 21.7 Å². The fraction of sp³-hybridized carbons (Fsp3) is 0.360. The first kappa shape index (κ1) is 21.5. The normalized spacial score (nSPS) is 20.0. The summed E-state index contributed by atoms with van der Waals surface area (Å²) in [6.45, 7) is 10.0. The quantitative estimate of drug-likeness (QED) is 0.628. The van der Waals surface area contributed by atoms with Gasteiger partial charge in [0, 0.05) is 42.9 Å². The third kappa shape index (κ3) is 3.64. The van der Waals surface area contributed by atoms with Crippen LogP contribution in [0.15, 0.2) is 41.5 Å². The molecule has 0 aliphatic carbocycles. The van der Waals surface area contributed by atoms with Crippen LogP contribution < -0.4 is 16.0 Å². The Bertz CT molecular complexity index is 1230. The molecule has 0 spiro atoms. The summed E-state index contributed by atoms with van der Waals surface area (Å²) in [6, 6.07) is 9.49. The Balaban J connectivity index is 1.53. The Labute approximate surface area is 193 Å². The summed E-state index contributed by atoms with van der Waals surface area (Å²) in [5.41, 5.74) is 11.3. The molecule has 3 aromatic rings. The second-order valence-electron chi connectivity index (χ2n) is 8.85. The molecule has 2 aliphatic rings. The number of benzene rings is 1. The zero-order valence-electron chi connectivity index (χ0n) is 19.2. The molecule has 5 rings (SSSR count). The SMILES string of the molecule is CCC1(C)C(C)=Nc2ccc(-c3nc(N)nc(-c4ccc(N5CCNCC5)cn4)c3F)cc21. The number of halogens is 1. The van der Waals surface area contributed by atoms with Gasteiger partial charge in [0.1, 0.15) is 11.4 Å². The van der Waals surface area contributed by atoms with E-state index in [1.54, 1.807) is 12.3 Å². The third-order valence-electron chi connectivity index (χ3n) is 7.00. The smallest absolute Gasteiger partial charge is 0.221 e. The minimum atomic E-state index is -0.527. The number of pyridine rings is 1. The number of aliphatic imine (C=N–C) groups is 1. The highest BCUT2D eigenvalue weighted by atomic mass is 19.1. The van der Waals surface area contributed by atoms with Crippen molar-refractivity contribution in [2.45, 2.75) is 32.6 Å². The van der Waals surface area contributed by atoms with E-state index in [1.807, 2.05) is 31.2 Å². The molecule has 2 aromatic heterocycles. The third-order valence-corrected chi connectivity index (χ3v) is 7.00. The Morgan fingerprint density at radius 2 is 1.88 bits per heavy atom. The van der Waals surface area contributed by atoms with E-state index in [-0.39, 0.29) is 22.8 Å². The average Bonchev–Trinajstić information content (AvgIpc) is 3.10. The van der Waals surface area contributed by atoms with Crippen LogP contribution in [0.25, 0.3) is 22.6 Å². The van der Waals surface area contributed by atoms with Crippen LogP contribution in [-0.4, -0.2) is 46.8 Å². The zero-order valence-corrected chi connectivity index (χ0v) is 19.2. The van der Waals surface area contributed by atoms with Gasteiger partial charge in [0.05, 0.1) is 23.3 Å². The lowest BCUT2D eigenvalue weighted by atomic mass is 9.77. The van der Waals surface area contributed by atoms with E-state index in [1.165, 1.54) is 0 Å². The molecular weight excluding hydrogens is 417 g/mol. The van der Waals surface area contributed by atoms with E-state index in [0.29, 0.717) is 11.3 Å². The molecule has 0 saturated carbocycles. The molecule has 1 atom stereocenters. The zero-order chi connectivity index (χ0) is 23.2. The summed E-state index contributed by atoms with van der Waals surface area (Å²) in [6.07, 6.45) is 2.67. The van der Waals surface area contributed by atoms with Crippen molar-refractivity contribution < 1.29 is 4.39 Å². The molecule has 1 aromatic carbocycles. The topological polar surface area (TPSA) is 92.3 Å². The number of rotatable bonds is 4. The fourth-order valence-corrected chi connectivity index (χ4v) is 4.63. The van der Waals surface area contributed by atoms with Crippen molar-refractivity contribution >= 4 is 23.0 Å². The van der Waals surface area contributed by atoms with Gasteiger partial charge in [0.15, 0.2) is 5.82 Å². The average molecular weight is 446 g/mol. The van der Waals surface area contributed by atoms with Gasteiger partial charge in [-0.05, 0) is 43.2 Å². The van der Waals surface area contributed by atoms with Crippen molar-refractivity contribution in [3.8, 4) is 22.6 Å². The van der Waals surface area contributed by atoms with Crippen LogP contribution in [0.3, 0.4) is 0 Å². The lowest BCUT2D eigenvalue weighted by Gasteiger charge is -2.29. The summed E-state index contributed by atoms with van der Waals surface area (Å²) < 4.78 is 15.7. The number of fused-ring (bicyclic) bond motifs is 1. The van der Waals surface area contributed by atoms with Crippen LogP contribution in [0.5, 0.6) is 0 Å². The van der Waals surface area contributed by atoms with Gasteiger partial charge < -0.3 is 16.0 Å². The van der Waals surface area contributed by atoms with Crippen molar-refractivity contribution in [3.63, 3.8) is 0 Å². The second-order valence-corrected chi connectivity index (χ2v) is 8.85. The number of hydrogen-bond donors (Lipinski definition) is 2. The van der Waals surface area contributed by atoms with Crippen LogP contribution in [0, 0.1) is 5.82 Å². The van der Waals surface area contributed by atoms with E-state index >= 15 is 4.39 Å². The number of hydrogen-bond acceptors (Lipinski definition) is 7. The molecule has 8 heteroatoms. The monoisotopic (exact) mass is 445 g/mol. The molecule has 1 fully saturated rings. The molecule has 0 radical (unpaired) electrons. The second kappa shape index (κ2) is 8.19.